The standard InChI is InChI=1S/C14H19N3O/c1-4-15-14(13-8-9-16-17(13)2)11-6-5-7-12(10-11)18-3/h5-10,14-15H,4H2,1-3H3. The van der Waals surface area contributed by atoms with Crippen molar-refractivity contribution in [2.45, 2.75) is 13.0 Å². The average Bonchev–Trinajstić information content (AvgIpc) is 2.82. The lowest BCUT2D eigenvalue weighted by atomic mass is 10.0. The molecule has 1 unspecified atom stereocenters. The molecule has 1 aromatic heterocycles. The van der Waals surface area contributed by atoms with Crippen LogP contribution in [-0.4, -0.2) is 23.4 Å². The summed E-state index contributed by atoms with van der Waals surface area (Å²) in [7, 11) is 3.64. The van der Waals surface area contributed by atoms with Crippen LogP contribution in [0.1, 0.15) is 24.2 Å². The molecule has 1 atom stereocenters. The number of aryl methyl sites for hydroxylation is 1. The van der Waals surface area contributed by atoms with E-state index in [-0.39, 0.29) is 6.04 Å². The van der Waals surface area contributed by atoms with Gasteiger partial charge in [-0.05, 0) is 30.3 Å². The fourth-order valence-corrected chi connectivity index (χ4v) is 2.09. The first-order valence-corrected chi connectivity index (χ1v) is 6.11. The van der Waals surface area contributed by atoms with Crippen LogP contribution in [0.5, 0.6) is 5.75 Å². The van der Waals surface area contributed by atoms with Crippen LogP contribution in [-0.2, 0) is 7.05 Å². The molecule has 0 fully saturated rings. The molecule has 0 saturated carbocycles. The molecule has 1 N–H and O–H groups in total. The van der Waals surface area contributed by atoms with E-state index in [4.69, 9.17) is 4.74 Å². The topological polar surface area (TPSA) is 39.1 Å². The Kier molecular flexibility index (Phi) is 3.99. The maximum absolute atomic E-state index is 5.28. The number of methoxy groups -OCH3 is 1. The van der Waals surface area contributed by atoms with Gasteiger partial charge in [0.25, 0.3) is 0 Å². The summed E-state index contributed by atoms with van der Waals surface area (Å²) in [6.45, 7) is 3.00. The number of nitrogens with zero attached hydrogens (tertiary/aromatic N) is 2. The summed E-state index contributed by atoms with van der Waals surface area (Å²) >= 11 is 0. The summed E-state index contributed by atoms with van der Waals surface area (Å²) in [6.07, 6.45) is 1.82. The zero-order valence-electron chi connectivity index (χ0n) is 11.1. The third-order valence-electron chi connectivity index (χ3n) is 2.99. The van der Waals surface area contributed by atoms with Gasteiger partial charge in [0.1, 0.15) is 5.75 Å². The molecule has 0 amide bonds. The van der Waals surface area contributed by atoms with Crippen molar-refractivity contribution >= 4 is 0 Å². The molecular formula is C14H19N3O. The molecule has 96 valence electrons. The second kappa shape index (κ2) is 5.69. The molecule has 0 radical (unpaired) electrons. The molecule has 0 aliphatic heterocycles. The highest BCUT2D eigenvalue weighted by molar-refractivity contribution is 5.34. The number of rotatable bonds is 5. The third kappa shape index (κ3) is 2.54. The minimum absolute atomic E-state index is 0.137. The van der Waals surface area contributed by atoms with E-state index in [0.29, 0.717) is 0 Å². The second-order valence-electron chi connectivity index (χ2n) is 4.15. The van der Waals surface area contributed by atoms with Gasteiger partial charge >= 0.3 is 0 Å². The van der Waals surface area contributed by atoms with Crippen molar-refractivity contribution in [3.63, 3.8) is 0 Å². The fourth-order valence-electron chi connectivity index (χ4n) is 2.09. The predicted octanol–water partition coefficient (Wildman–Crippen LogP) is 2.13. The highest BCUT2D eigenvalue weighted by Crippen LogP contribution is 2.24. The van der Waals surface area contributed by atoms with Crippen LogP contribution in [0.2, 0.25) is 0 Å². The van der Waals surface area contributed by atoms with E-state index in [9.17, 15) is 0 Å². The van der Waals surface area contributed by atoms with Crippen LogP contribution in [0.3, 0.4) is 0 Å². The number of aromatic nitrogens is 2. The number of hydrogen-bond acceptors (Lipinski definition) is 3. The van der Waals surface area contributed by atoms with Crippen LogP contribution in [0.25, 0.3) is 0 Å². The van der Waals surface area contributed by atoms with Crippen LogP contribution >= 0.6 is 0 Å². The van der Waals surface area contributed by atoms with Crippen molar-refractivity contribution in [3.8, 4) is 5.75 Å². The van der Waals surface area contributed by atoms with E-state index < -0.39 is 0 Å². The Morgan fingerprint density at radius 1 is 1.39 bits per heavy atom. The Morgan fingerprint density at radius 3 is 2.83 bits per heavy atom. The van der Waals surface area contributed by atoms with Crippen molar-refractivity contribution in [3.05, 3.63) is 47.8 Å². The molecule has 1 aromatic carbocycles. The second-order valence-corrected chi connectivity index (χ2v) is 4.15. The molecule has 0 saturated heterocycles. The van der Waals surface area contributed by atoms with Gasteiger partial charge in [0.05, 0.1) is 18.8 Å². The van der Waals surface area contributed by atoms with Crippen LogP contribution < -0.4 is 10.1 Å². The maximum atomic E-state index is 5.28. The predicted molar refractivity (Wildman–Crippen MR) is 71.7 cm³/mol. The summed E-state index contributed by atoms with van der Waals surface area (Å²) in [5.74, 6) is 0.873. The maximum Gasteiger partial charge on any atom is 0.119 e. The first-order valence-electron chi connectivity index (χ1n) is 6.11. The molecule has 0 spiro atoms. The van der Waals surface area contributed by atoms with Gasteiger partial charge in [-0.25, -0.2) is 0 Å². The van der Waals surface area contributed by atoms with Gasteiger partial charge in [-0.1, -0.05) is 19.1 Å². The molecule has 18 heavy (non-hydrogen) atoms. The first-order chi connectivity index (χ1) is 8.76. The van der Waals surface area contributed by atoms with Crippen LogP contribution in [0.15, 0.2) is 36.5 Å². The van der Waals surface area contributed by atoms with Crippen molar-refractivity contribution in [2.75, 3.05) is 13.7 Å². The van der Waals surface area contributed by atoms with E-state index in [2.05, 4.69) is 29.5 Å². The largest absolute Gasteiger partial charge is 0.497 e. The molecule has 0 aliphatic rings. The summed E-state index contributed by atoms with van der Waals surface area (Å²) in [4.78, 5) is 0. The normalized spacial score (nSPS) is 12.4. The quantitative estimate of drug-likeness (QED) is 0.877. The van der Waals surface area contributed by atoms with Crippen molar-refractivity contribution in [1.29, 1.82) is 0 Å². The minimum atomic E-state index is 0.137. The summed E-state index contributed by atoms with van der Waals surface area (Å²) in [5.41, 5.74) is 2.32. The Morgan fingerprint density at radius 2 is 2.22 bits per heavy atom. The zero-order chi connectivity index (χ0) is 13.0. The van der Waals surface area contributed by atoms with E-state index in [1.165, 1.54) is 5.56 Å². The molecule has 0 aliphatic carbocycles. The summed E-state index contributed by atoms with van der Waals surface area (Å²) in [5, 5.41) is 7.71. The van der Waals surface area contributed by atoms with Gasteiger partial charge in [0, 0.05) is 13.2 Å². The van der Waals surface area contributed by atoms with Gasteiger partial charge in [-0.3, -0.25) is 4.68 Å². The Labute approximate surface area is 108 Å². The first kappa shape index (κ1) is 12.6. The van der Waals surface area contributed by atoms with E-state index in [0.717, 1.165) is 18.0 Å². The number of hydrogen-bond donors (Lipinski definition) is 1. The van der Waals surface area contributed by atoms with Crippen molar-refractivity contribution in [1.82, 2.24) is 15.1 Å². The number of ether oxygens (including phenoxy) is 1. The minimum Gasteiger partial charge on any atom is -0.497 e. The number of benzene rings is 1. The molecule has 0 bridgehead atoms. The van der Waals surface area contributed by atoms with E-state index in [1.807, 2.05) is 36.1 Å². The zero-order valence-corrected chi connectivity index (χ0v) is 11.1. The Bertz CT molecular complexity index is 507. The SMILES string of the molecule is CCNC(c1cccc(OC)c1)c1ccnn1C. The van der Waals surface area contributed by atoms with Gasteiger partial charge in [-0.15, -0.1) is 0 Å². The van der Waals surface area contributed by atoms with Gasteiger partial charge in [0.15, 0.2) is 0 Å². The lowest BCUT2D eigenvalue weighted by Crippen LogP contribution is -2.24. The van der Waals surface area contributed by atoms with Gasteiger partial charge < -0.3 is 10.1 Å². The van der Waals surface area contributed by atoms with Crippen LogP contribution in [0.4, 0.5) is 0 Å². The van der Waals surface area contributed by atoms with E-state index in [1.54, 1.807) is 7.11 Å². The van der Waals surface area contributed by atoms with Gasteiger partial charge in [-0.2, -0.15) is 5.10 Å². The molecule has 4 nitrogen and oxygen atoms in total. The molecule has 1 heterocycles. The highest BCUT2D eigenvalue weighted by atomic mass is 16.5. The van der Waals surface area contributed by atoms with Gasteiger partial charge in [0.2, 0.25) is 0 Å². The monoisotopic (exact) mass is 245 g/mol. The molecule has 4 heteroatoms. The molecular weight excluding hydrogens is 226 g/mol. The Hall–Kier alpha value is -1.81. The highest BCUT2D eigenvalue weighted by Gasteiger charge is 2.16. The third-order valence-corrected chi connectivity index (χ3v) is 2.99. The lowest BCUT2D eigenvalue weighted by molar-refractivity contribution is 0.413. The number of nitrogens with one attached hydrogen (secondary N) is 1. The molecule has 2 aromatic rings. The lowest BCUT2D eigenvalue weighted by Gasteiger charge is -2.19. The average molecular weight is 245 g/mol. The van der Waals surface area contributed by atoms with Crippen molar-refractivity contribution < 1.29 is 4.74 Å². The Balaban J connectivity index is 2.38. The smallest absolute Gasteiger partial charge is 0.119 e. The summed E-state index contributed by atoms with van der Waals surface area (Å²) in [6, 6.07) is 10.3. The van der Waals surface area contributed by atoms with E-state index >= 15 is 0 Å². The summed E-state index contributed by atoms with van der Waals surface area (Å²) < 4.78 is 7.18. The van der Waals surface area contributed by atoms with Crippen LogP contribution in [0, 0.1) is 0 Å². The molecule has 2 rings (SSSR count). The fraction of sp³-hybridized carbons (Fsp3) is 0.357. The van der Waals surface area contributed by atoms with Crippen molar-refractivity contribution in [2.24, 2.45) is 7.05 Å².